The van der Waals surface area contributed by atoms with E-state index in [2.05, 4.69) is 11.1 Å². The van der Waals surface area contributed by atoms with E-state index in [1.54, 1.807) is 18.3 Å². The Morgan fingerprint density at radius 3 is 2.92 bits per heavy atom. The summed E-state index contributed by atoms with van der Waals surface area (Å²) in [6.45, 7) is 0. The van der Waals surface area contributed by atoms with Crippen LogP contribution in [0.25, 0.3) is 10.9 Å². The van der Waals surface area contributed by atoms with Gasteiger partial charge in [0, 0.05) is 11.6 Å². The van der Waals surface area contributed by atoms with Gasteiger partial charge < -0.3 is 0 Å². The molecule has 0 saturated carbocycles. The molecule has 2 aromatic rings. The summed E-state index contributed by atoms with van der Waals surface area (Å²) >= 11 is 5.91. The molecule has 0 atom stereocenters. The van der Waals surface area contributed by atoms with Gasteiger partial charge in [-0.3, -0.25) is 4.98 Å². The van der Waals surface area contributed by atoms with Crippen LogP contribution in [0.4, 0.5) is 0 Å². The van der Waals surface area contributed by atoms with Crippen LogP contribution >= 0.6 is 11.6 Å². The fourth-order valence-electron chi connectivity index (χ4n) is 1.24. The van der Waals surface area contributed by atoms with Gasteiger partial charge >= 0.3 is 0 Å². The van der Waals surface area contributed by atoms with E-state index in [1.807, 2.05) is 12.1 Å². The lowest BCUT2D eigenvalue weighted by Crippen LogP contribution is -1.83. The Hall–Kier alpha value is -1.59. The summed E-state index contributed by atoms with van der Waals surface area (Å²) in [4.78, 5) is 4.11. The second-order valence-electron chi connectivity index (χ2n) is 2.61. The van der Waals surface area contributed by atoms with Gasteiger partial charge in [-0.2, -0.15) is 5.26 Å². The molecule has 1 aromatic heterocycles. The van der Waals surface area contributed by atoms with E-state index < -0.39 is 0 Å². The van der Waals surface area contributed by atoms with Crippen molar-refractivity contribution in [1.29, 1.82) is 5.26 Å². The summed E-state index contributed by atoms with van der Waals surface area (Å²) in [5.41, 5.74) is 1.29. The fourth-order valence-corrected chi connectivity index (χ4v) is 1.46. The zero-order chi connectivity index (χ0) is 9.26. The molecule has 0 spiro atoms. The number of aromatic nitrogens is 1. The normalized spacial score (nSPS) is 9.85. The average molecular weight is 189 g/mol. The molecule has 62 valence electrons. The molecule has 13 heavy (non-hydrogen) atoms. The number of halogens is 1. The van der Waals surface area contributed by atoms with Crippen LogP contribution in [-0.4, -0.2) is 4.98 Å². The Bertz CT molecular complexity index is 500. The third-order valence-electron chi connectivity index (χ3n) is 1.84. The SMILES string of the molecule is N#Cc1ccnc2c(Cl)cccc12. The highest BCUT2D eigenvalue weighted by Crippen LogP contribution is 2.22. The lowest BCUT2D eigenvalue weighted by atomic mass is 10.1. The van der Waals surface area contributed by atoms with Crippen LogP contribution < -0.4 is 0 Å². The molecule has 2 rings (SSSR count). The van der Waals surface area contributed by atoms with Crippen LogP contribution in [0.15, 0.2) is 30.5 Å². The zero-order valence-electron chi connectivity index (χ0n) is 6.66. The minimum Gasteiger partial charge on any atom is -0.255 e. The van der Waals surface area contributed by atoms with Crippen molar-refractivity contribution >= 4 is 22.5 Å². The molecule has 3 heteroatoms. The smallest absolute Gasteiger partial charge is 0.0999 e. The summed E-state index contributed by atoms with van der Waals surface area (Å²) in [5, 5.41) is 10.2. The summed E-state index contributed by atoms with van der Waals surface area (Å²) in [6, 6.07) is 9.19. The first-order valence-electron chi connectivity index (χ1n) is 3.76. The third kappa shape index (κ3) is 1.24. The Labute approximate surface area is 80.4 Å². The number of fused-ring (bicyclic) bond motifs is 1. The van der Waals surface area contributed by atoms with Crippen molar-refractivity contribution in [3.05, 3.63) is 41.0 Å². The Morgan fingerprint density at radius 2 is 2.15 bits per heavy atom. The van der Waals surface area contributed by atoms with Gasteiger partial charge in [-0.05, 0) is 12.1 Å². The topological polar surface area (TPSA) is 36.7 Å². The predicted molar refractivity (Wildman–Crippen MR) is 51.5 cm³/mol. The lowest BCUT2D eigenvalue weighted by molar-refractivity contribution is 1.39. The molecule has 1 aromatic carbocycles. The number of pyridine rings is 1. The number of hydrogen-bond acceptors (Lipinski definition) is 2. The quantitative estimate of drug-likeness (QED) is 0.638. The zero-order valence-corrected chi connectivity index (χ0v) is 7.42. The maximum Gasteiger partial charge on any atom is 0.0999 e. The highest BCUT2D eigenvalue weighted by molar-refractivity contribution is 6.35. The third-order valence-corrected chi connectivity index (χ3v) is 2.15. The molecule has 0 fully saturated rings. The molecule has 0 aliphatic rings. The van der Waals surface area contributed by atoms with E-state index in [0.29, 0.717) is 16.1 Å². The standard InChI is InChI=1S/C10H5ClN2/c11-9-3-1-2-8-7(6-12)4-5-13-10(8)9/h1-5H. The van der Waals surface area contributed by atoms with Gasteiger partial charge in [0.2, 0.25) is 0 Å². The largest absolute Gasteiger partial charge is 0.255 e. The maximum absolute atomic E-state index is 8.81. The molecule has 0 N–H and O–H groups in total. The van der Waals surface area contributed by atoms with Crippen molar-refractivity contribution in [3.8, 4) is 6.07 Å². The Balaban J connectivity index is 2.94. The highest BCUT2D eigenvalue weighted by Gasteiger charge is 2.02. The van der Waals surface area contributed by atoms with E-state index in [4.69, 9.17) is 16.9 Å². The Morgan fingerprint density at radius 1 is 1.31 bits per heavy atom. The highest BCUT2D eigenvalue weighted by atomic mass is 35.5. The van der Waals surface area contributed by atoms with Crippen molar-refractivity contribution in [2.45, 2.75) is 0 Å². The minimum atomic E-state index is 0.578. The number of nitrogens with zero attached hydrogens (tertiary/aromatic N) is 2. The minimum absolute atomic E-state index is 0.578. The van der Waals surface area contributed by atoms with Crippen LogP contribution in [-0.2, 0) is 0 Å². The molecule has 0 saturated heterocycles. The van der Waals surface area contributed by atoms with Crippen LogP contribution in [0.5, 0.6) is 0 Å². The van der Waals surface area contributed by atoms with Gasteiger partial charge in [0.15, 0.2) is 0 Å². The van der Waals surface area contributed by atoms with Crippen LogP contribution in [0.2, 0.25) is 5.02 Å². The first kappa shape index (κ1) is 8.03. The van der Waals surface area contributed by atoms with Crippen molar-refractivity contribution in [3.63, 3.8) is 0 Å². The van der Waals surface area contributed by atoms with Gasteiger partial charge in [-0.15, -0.1) is 0 Å². The van der Waals surface area contributed by atoms with Crippen molar-refractivity contribution in [1.82, 2.24) is 4.98 Å². The van der Waals surface area contributed by atoms with E-state index in [-0.39, 0.29) is 0 Å². The van der Waals surface area contributed by atoms with Crippen molar-refractivity contribution < 1.29 is 0 Å². The number of rotatable bonds is 0. The van der Waals surface area contributed by atoms with Gasteiger partial charge in [-0.1, -0.05) is 23.7 Å². The van der Waals surface area contributed by atoms with Crippen molar-refractivity contribution in [2.75, 3.05) is 0 Å². The summed E-state index contributed by atoms with van der Waals surface area (Å²) in [7, 11) is 0. The molecule has 2 nitrogen and oxygen atoms in total. The molecule has 0 aliphatic carbocycles. The lowest BCUT2D eigenvalue weighted by Gasteiger charge is -1.99. The van der Waals surface area contributed by atoms with Gasteiger partial charge in [0.1, 0.15) is 0 Å². The summed E-state index contributed by atoms with van der Waals surface area (Å²) in [6.07, 6.45) is 1.59. The number of nitriles is 1. The van der Waals surface area contributed by atoms with E-state index in [9.17, 15) is 0 Å². The van der Waals surface area contributed by atoms with Crippen LogP contribution in [0.1, 0.15) is 5.56 Å². The van der Waals surface area contributed by atoms with E-state index >= 15 is 0 Å². The van der Waals surface area contributed by atoms with Gasteiger partial charge in [-0.25, -0.2) is 0 Å². The molecular formula is C10H5ClN2. The van der Waals surface area contributed by atoms with Crippen molar-refractivity contribution in [2.24, 2.45) is 0 Å². The van der Waals surface area contributed by atoms with Crippen LogP contribution in [0.3, 0.4) is 0 Å². The summed E-state index contributed by atoms with van der Waals surface area (Å²) in [5.74, 6) is 0. The first-order chi connectivity index (χ1) is 6.33. The monoisotopic (exact) mass is 188 g/mol. The number of benzene rings is 1. The second kappa shape index (κ2) is 3.04. The maximum atomic E-state index is 8.81. The molecule has 1 heterocycles. The molecule has 0 bridgehead atoms. The average Bonchev–Trinajstić information content (AvgIpc) is 2.18. The molecule has 0 amide bonds. The van der Waals surface area contributed by atoms with Gasteiger partial charge in [0.05, 0.1) is 22.2 Å². The van der Waals surface area contributed by atoms with E-state index in [1.165, 1.54) is 0 Å². The Kier molecular flexibility index (Phi) is 1.88. The second-order valence-corrected chi connectivity index (χ2v) is 3.01. The van der Waals surface area contributed by atoms with E-state index in [0.717, 1.165) is 5.39 Å². The number of para-hydroxylation sites is 1. The summed E-state index contributed by atoms with van der Waals surface area (Å²) < 4.78 is 0. The molecule has 0 aliphatic heterocycles. The molecule has 0 unspecified atom stereocenters. The number of hydrogen-bond donors (Lipinski definition) is 0. The molecular weight excluding hydrogens is 184 g/mol. The molecule has 0 radical (unpaired) electrons. The van der Waals surface area contributed by atoms with Crippen LogP contribution in [0, 0.1) is 11.3 Å². The predicted octanol–water partition coefficient (Wildman–Crippen LogP) is 2.76. The first-order valence-corrected chi connectivity index (χ1v) is 4.14. The fraction of sp³-hybridized carbons (Fsp3) is 0. The van der Waals surface area contributed by atoms with Gasteiger partial charge in [0.25, 0.3) is 0 Å².